The Morgan fingerprint density at radius 3 is 2.52 bits per heavy atom. The zero-order valence-corrected chi connectivity index (χ0v) is 17.9. The van der Waals surface area contributed by atoms with Crippen LogP contribution in [0, 0.1) is 0 Å². The van der Waals surface area contributed by atoms with Gasteiger partial charge in [0, 0.05) is 45.1 Å². The molecule has 1 amide bonds. The Labute approximate surface area is 172 Å². The molecule has 2 aromatic rings. The molecular formula is C21H28N4O3S. The molecule has 2 heterocycles. The van der Waals surface area contributed by atoms with Crippen molar-refractivity contribution < 1.29 is 13.2 Å². The van der Waals surface area contributed by atoms with Crippen molar-refractivity contribution in [2.75, 3.05) is 20.1 Å². The van der Waals surface area contributed by atoms with Gasteiger partial charge in [0.1, 0.15) is 0 Å². The first kappa shape index (κ1) is 21.4. The van der Waals surface area contributed by atoms with E-state index < -0.39 is 10.0 Å². The number of hydrogen-bond acceptors (Lipinski definition) is 5. The molecule has 1 aromatic carbocycles. The van der Waals surface area contributed by atoms with Gasteiger partial charge < -0.3 is 4.90 Å². The van der Waals surface area contributed by atoms with Gasteiger partial charge in [-0.3, -0.25) is 14.7 Å². The van der Waals surface area contributed by atoms with E-state index in [1.54, 1.807) is 36.5 Å². The summed E-state index contributed by atoms with van der Waals surface area (Å²) in [6, 6.07) is 10.3. The molecule has 0 radical (unpaired) electrons. The van der Waals surface area contributed by atoms with Crippen LogP contribution in [0.1, 0.15) is 25.0 Å². The highest BCUT2D eigenvalue weighted by Gasteiger charge is 2.36. The smallest absolute Gasteiger partial charge is 0.240 e. The summed E-state index contributed by atoms with van der Waals surface area (Å²) in [7, 11) is -1.87. The Balaban J connectivity index is 1.75. The van der Waals surface area contributed by atoms with Gasteiger partial charge in [-0.05, 0) is 42.7 Å². The van der Waals surface area contributed by atoms with Crippen LogP contribution in [0.25, 0.3) is 0 Å². The van der Waals surface area contributed by atoms with Gasteiger partial charge in [-0.1, -0.05) is 25.1 Å². The lowest BCUT2D eigenvalue weighted by Crippen LogP contribution is -2.62. The van der Waals surface area contributed by atoms with Crippen molar-refractivity contribution in [3.8, 4) is 0 Å². The van der Waals surface area contributed by atoms with E-state index in [0.717, 1.165) is 17.5 Å². The number of amides is 1. The van der Waals surface area contributed by atoms with Crippen molar-refractivity contribution in [2.24, 2.45) is 0 Å². The first-order valence-electron chi connectivity index (χ1n) is 9.80. The normalized spacial score (nSPS) is 20.8. The van der Waals surface area contributed by atoms with Crippen LogP contribution in [0.15, 0.2) is 53.7 Å². The Morgan fingerprint density at radius 1 is 1.17 bits per heavy atom. The average Bonchev–Trinajstić information content (AvgIpc) is 2.74. The molecule has 0 bridgehead atoms. The molecule has 1 fully saturated rings. The maximum Gasteiger partial charge on any atom is 0.240 e. The number of sulfonamides is 1. The summed E-state index contributed by atoms with van der Waals surface area (Å²) in [4.78, 5) is 20.6. The monoisotopic (exact) mass is 416 g/mol. The number of hydrogen-bond donors (Lipinski definition) is 1. The number of likely N-dealkylation sites (N-methyl/N-ethyl adjacent to an activating group) is 1. The molecular weight excluding hydrogens is 388 g/mol. The quantitative estimate of drug-likeness (QED) is 0.742. The van der Waals surface area contributed by atoms with Crippen molar-refractivity contribution in [3.05, 3.63) is 59.9 Å². The summed E-state index contributed by atoms with van der Waals surface area (Å²) < 4.78 is 28.2. The van der Waals surface area contributed by atoms with Crippen molar-refractivity contribution in [1.82, 2.24) is 19.5 Å². The summed E-state index contributed by atoms with van der Waals surface area (Å²) in [5.74, 6) is 0.0307. The summed E-state index contributed by atoms with van der Waals surface area (Å²) >= 11 is 0. The molecule has 1 aromatic heterocycles. The lowest BCUT2D eigenvalue weighted by molar-refractivity contribution is -0.142. The molecule has 0 spiro atoms. The molecule has 1 aliphatic rings. The van der Waals surface area contributed by atoms with Crippen LogP contribution in [0.2, 0.25) is 0 Å². The molecule has 29 heavy (non-hydrogen) atoms. The Hall–Kier alpha value is -2.29. The van der Waals surface area contributed by atoms with E-state index in [2.05, 4.69) is 9.71 Å². The lowest BCUT2D eigenvalue weighted by atomic mass is 10.1. The van der Waals surface area contributed by atoms with E-state index in [1.807, 2.05) is 43.0 Å². The van der Waals surface area contributed by atoms with E-state index in [4.69, 9.17) is 0 Å². The fraction of sp³-hybridized carbons (Fsp3) is 0.429. The average molecular weight is 417 g/mol. The maximum atomic E-state index is 12.7. The van der Waals surface area contributed by atoms with Crippen LogP contribution >= 0.6 is 0 Å². The molecule has 1 saturated heterocycles. The van der Waals surface area contributed by atoms with Gasteiger partial charge >= 0.3 is 0 Å². The van der Waals surface area contributed by atoms with Gasteiger partial charge in [0.05, 0.1) is 10.9 Å². The molecule has 3 rings (SSSR count). The third-order valence-electron chi connectivity index (χ3n) is 5.42. The first-order chi connectivity index (χ1) is 13.8. The second-order valence-electron chi connectivity index (χ2n) is 7.43. The Morgan fingerprint density at radius 2 is 1.90 bits per heavy atom. The summed E-state index contributed by atoms with van der Waals surface area (Å²) in [5, 5.41) is 0. The zero-order chi connectivity index (χ0) is 21.0. The molecule has 1 N–H and O–H groups in total. The van der Waals surface area contributed by atoms with Crippen LogP contribution in [0.4, 0.5) is 0 Å². The van der Waals surface area contributed by atoms with Gasteiger partial charge in [-0.2, -0.15) is 0 Å². The second kappa shape index (κ2) is 9.02. The van der Waals surface area contributed by atoms with Crippen molar-refractivity contribution in [2.45, 2.75) is 43.8 Å². The lowest BCUT2D eigenvalue weighted by Gasteiger charge is -2.43. The predicted molar refractivity (Wildman–Crippen MR) is 112 cm³/mol. The molecule has 1 aliphatic heterocycles. The van der Waals surface area contributed by atoms with Crippen LogP contribution in [-0.4, -0.2) is 61.3 Å². The minimum atomic E-state index is -3.62. The van der Waals surface area contributed by atoms with E-state index in [9.17, 15) is 13.2 Å². The van der Waals surface area contributed by atoms with Gasteiger partial charge in [-0.25, -0.2) is 13.1 Å². The van der Waals surface area contributed by atoms with Gasteiger partial charge in [0.2, 0.25) is 15.9 Å². The SMILES string of the molecule is CCc1ccc(S(=O)(=O)NC[C@@H]2CN(C)C(=O)[C@H](C)N2Cc2cccnc2)cc1. The molecule has 0 aliphatic carbocycles. The number of piperazine rings is 1. The van der Waals surface area contributed by atoms with E-state index >= 15 is 0 Å². The number of carbonyl (C=O) groups excluding carboxylic acids is 1. The number of benzene rings is 1. The van der Waals surface area contributed by atoms with Gasteiger partial charge in [-0.15, -0.1) is 0 Å². The van der Waals surface area contributed by atoms with Crippen LogP contribution in [0.3, 0.4) is 0 Å². The Kier molecular flexibility index (Phi) is 6.66. The number of rotatable bonds is 7. The highest BCUT2D eigenvalue weighted by molar-refractivity contribution is 7.89. The zero-order valence-electron chi connectivity index (χ0n) is 17.1. The molecule has 0 unspecified atom stereocenters. The van der Waals surface area contributed by atoms with Crippen LogP contribution < -0.4 is 4.72 Å². The molecule has 8 heteroatoms. The fourth-order valence-corrected chi connectivity index (χ4v) is 4.70. The van der Waals surface area contributed by atoms with Gasteiger partial charge in [0.25, 0.3) is 0 Å². The number of aromatic nitrogens is 1. The third kappa shape index (κ3) is 5.01. The minimum absolute atomic E-state index is 0.0307. The summed E-state index contributed by atoms with van der Waals surface area (Å²) in [6.45, 7) is 5.10. The highest BCUT2D eigenvalue weighted by atomic mass is 32.2. The van der Waals surface area contributed by atoms with Crippen molar-refractivity contribution >= 4 is 15.9 Å². The predicted octanol–water partition coefficient (Wildman–Crippen LogP) is 1.65. The summed E-state index contributed by atoms with van der Waals surface area (Å²) in [6.07, 6.45) is 4.33. The standard InChI is InChI=1S/C21H28N4O3S/c1-4-17-7-9-20(10-8-17)29(27,28)23-13-19-15-24(3)21(26)16(2)25(19)14-18-6-5-11-22-12-18/h5-12,16,19,23H,4,13-15H2,1-3H3/t16-,19+/m0/s1. The number of carbonyl (C=O) groups is 1. The van der Waals surface area contributed by atoms with Crippen LogP contribution in [-0.2, 0) is 27.8 Å². The second-order valence-corrected chi connectivity index (χ2v) is 9.20. The molecule has 7 nitrogen and oxygen atoms in total. The number of nitrogens with one attached hydrogen (secondary N) is 1. The topological polar surface area (TPSA) is 82.6 Å². The van der Waals surface area contributed by atoms with E-state index in [1.165, 1.54) is 0 Å². The Bertz CT molecular complexity index is 932. The van der Waals surface area contributed by atoms with Crippen molar-refractivity contribution in [1.29, 1.82) is 0 Å². The molecule has 2 atom stereocenters. The van der Waals surface area contributed by atoms with Gasteiger partial charge in [0.15, 0.2) is 0 Å². The highest BCUT2D eigenvalue weighted by Crippen LogP contribution is 2.20. The molecule has 156 valence electrons. The first-order valence-corrected chi connectivity index (χ1v) is 11.3. The number of nitrogens with zero attached hydrogens (tertiary/aromatic N) is 3. The summed E-state index contributed by atoms with van der Waals surface area (Å²) in [5.41, 5.74) is 2.08. The van der Waals surface area contributed by atoms with E-state index in [-0.39, 0.29) is 29.4 Å². The maximum absolute atomic E-state index is 12.7. The van der Waals surface area contributed by atoms with Crippen LogP contribution in [0.5, 0.6) is 0 Å². The number of aryl methyl sites for hydroxylation is 1. The third-order valence-corrected chi connectivity index (χ3v) is 6.86. The van der Waals surface area contributed by atoms with Crippen molar-refractivity contribution in [3.63, 3.8) is 0 Å². The fourth-order valence-electron chi connectivity index (χ4n) is 3.63. The van der Waals surface area contributed by atoms with E-state index in [0.29, 0.717) is 13.1 Å². The molecule has 0 saturated carbocycles. The number of pyridine rings is 1. The largest absolute Gasteiger partial charge is 0.343 e. The minimum Gasteiger partial charge on any atom is -0.343 e.